The average Bonchev–Trinajstić information content (AvgIpc) is 2.91. The Bertz CT molecular complexity index is 754. The van der Waals surface area contributed by atoms with Gasteiger partial charge < -0.3 is 14.0 Å². The first kappa shape index (κ1) is 17.0. The maximum absolute atomic E-state index is 6.19. The van der Waals surface area contributed by atoms with E-state index >= 15 is 0 Å². The number of ether oxygens (including phenoxy) is 1. The summed E-state index contributed by atoms with van der Waals surface area (Å²) >= 11 is 0. The highest BCUT2D eigenvalue weighted by Gasteiger charge is 2.53. The van der Waals surface area contributed by atoms with E-state index in [0.717, 1.165) is 22.5 Å². The minimum absolute atomic E-state index is 0.379. The summed E-state index contributed by atoms with van der Waals surface area (Å²) in [6, 6.07) is 1.90. The van der Waals surface area contributed by atoms with Gasteiger partial charge in [0.25, 0.3) is 0 Å². The van der Waals surface area contributed by atoms with Crippen LogP contribution in [-0.4, -0.2) is 40.2 Å². The molecule has 0 atom stereocenters. The van der Waals surface area contributed by atoms with Crippen molar-refractivity contribution in [3.8, 4) is 11.4 Å². The van der Waals surface area contributed by atoms with Gasteiger partial charge in [-0.1, -0.05) is 0 Å². The highest BCUT2D eigenvalue weighted by Crippen LogP contribution is 2.37. The third kappa shape index (κ3) is 2.61. The van der Waals surface area contributed by atoms with Crippen LogP contribution in [0.4, 0.5) is 0 Å². The molecular formula is C17H24BN3O3. The molecule has 3 heterocycles. The smallest absolute Gasteiger partial charge is 0.495 e. The Morgan fingerprint density at radius 3 is 2.29 bits per heavy atom. The Morgan fingerprint density at radius 1 is 1.08 bits per heavy atom. The second-order valence-corrected chi connectivity index (χ2v) is 7.17. The van der Waals surface area contributed by atoms with E-state index < -0.39 is 7.12 Å². The van der Waals surface area contributed by atoms with Gasteiger partial charge in [-0.2, -0.15) is 5.10 Å². The molecule has 0 amide bonds. The predicted molar refractivity (Wildman–Crippen MR) is 93.1 cm³/mol. The van der Waals surface area contributed by atoms with Crippen molar-refractivity contribution in [2.75, 3.05) is 7.11 Å². The monoisotopic (exact) mass is 329 g/mol. The summed E-state index contributed by atoms with van der Waals surface area (Å²) in [6.07, 6.45) is 3.43. The number of hydrogen-bond acceptors (Lipinski definition) is 5. The summed E-state index contributed by atoms with van der Waals surface area (Å²) in [6.45, 7) is 12.2. The lowest BCUT2D eigenvalue weighted by Gasteiger charge is -2.32. The van der Waals surface area contributed by atoms with Crippen LogP contribution < -0.4 is 10.2 Å². The number of hydrogen-bond donors (Lipinski definition) is 0. The highest BCUT2D eigenvalue weighted by atomic mass is 16.7. The highest BCUT2D eigenvalue weighted by molar-refractivity contribution is 6.63. The molecule has 0 radical (unpaired) electrons. The molecule has 1 aliphatic heterocycles. The van der Waals surface area contributed by atoms with Gasteiger partial charge in [0.15, 0.2) is 0 Å². The number of nitrogens with zero attached hydrogens (tertiary/aromatic N) is 3. The predicted octanol–water partition coefficient (Wildman–Crippen LogP) is 2.19. The first-order valence-electron chi connectivity index (χ1n) is 8.07. The van der Waals surface area contributed by atoms with Crippen LogP contribution in [0.3, 0.4) is 0 Å². The number of aromatic nitrogens is 3. The summed E-state index contributed by atoms with van der Waals surface area (Å²) in [5.74, 6) is 0.692. The topological polar surface area (TPSA) is 58.4 Å². The third-order valence-electron chi connectivity index (χ3n) is 5.02. The largest absolute Gasteiger partial charge is 0.498 e. The van der Waals surface area contributed by atoms with Gasteiger partial charge in [-0.25, -0.2) is 4.68 Å². The Morgan fingerprint density at radius 2 is 1.71 bits per heavy atom. The molecule has 0 aromatic carbocycles. The zero-order chi connectivity index (χ0) is 17.7. The lowest BCUT2D eigenvalue weighted by Crippen LogP contribution is -2.41. The summed E-state index contributed by atoms with van der Waals surface area (Å²) in [4.78, 5) is 4.21. The second-order valence-electron chi connectivity index (χ2n) is 7.17. The van der Waals surface area contributed by atoms with Gasteiger partial charge in [-0.3, -0.25) is 4.98 Å². The van der Waals surface area contributed by atoms with Crippen molar-refractivity contribution >= 4 is 12.6 Å². The zero-order valence-corrected chi connectivity index (χ0v) is 15.4. The van der Waals surface area contributed by atoms with Gasteiger partial charge >= 0.3 is 7.12 Å². The fourth-order valence-corrected chi connectivity index (χ4v) is 2.84. The molecule has 0 saturated carbocycles. The van der Waals surface area contributed by atoms with Gasteiger partial charge in [0.1, 0.15) is 5.75 Å². The minimum Gasteiger partial charge on any atom is -0.495 e. The maximum atomic E-state index is 6.19. The van der Waals surface area contributed by atoms with Crippen molar-refractivity contribution in [3.05, 3.63) is 29.8 Å². The van der Waals surface area contributed by atoms with E-state index in [1.807, 2.05) is 52.3 Å². The van der Waals surface area contributed by atoms with Crippen LogP contribution in [0.2, 0.25) is 0 Å². The molecule has 3 rings (SSSR count). The summed E-state index contributed by atoms with van der Waals surface area (Å²) < 4.78 is 19.5. The Hall–Kier alpha value is -1.86. The molecule has 2 aromatic heterocycles. The average molecular weight is 329 g/mol. The number of rotatable bonds is 3. The molecule has 0 unspecified atom stereocenters. The molecule has 1 aliphatic rings. The van der Waals surface area contributed by atoms with E-state index in [9.17, 15) is 0 Å². The van der Waals surface area contributed by atoms with Gasteiger partial charge in [0, 0.05) is 17.2 Å². The molecule has 0 aliphatic carbocycles. The van der Waals surface area contributed by atoms with Crippen LogP contribution in [0.1, 0.15) is 39.1 Å². The van der Waals surface area contributed by atoms with E-state index in [1.165, 1.54) is 0 Å². The molecule has 0 spiro atoms. The van der Waals surface area contributed by atoms with Crippen molar-refractivity contribution in [1.29, 1.82) is 0 Å². The van der Waals surface area contributed by atoms with Gasteiger partial charge in [-0.05, 0) is 41.5 Å². The quantitative estimate of drug-likeness (QED) is 0.808. The van der Waals surface area contributed by atoms with Gasteiger partial charge in [-0.15, -0.1) is 0 Å². The van der Waals surface area contributed by atoms with E-state index in [0.29, 0.717) is 5.75 Å². The molecule has 0 bridgehead atoms. The molecule has 2 aromatic rings. The fraction of sp³-hybridized carbons (Fsp3) is 0.529. The van der Waals surface area contributed by atoms with Crippen molar-refractivity contribution in [3.63, 3.8) is 0 Å². The van der Waals surface area contributed by atoms with Gasteiger partial charge in [0.05, 0.1) is 42.1 Å². The van der Waals surface area contributed by atoms with E-state index in [2.05, 4.69) is 10.1 Å². The third-order valence-corrected chi connectivity index (χ3v) is 5.02. The van der Waals surface area contributed by atoms with Crippen molar-refractivity contribution in [2.45, 2.75) is 52.7 Å². The molecule has 1 fully saturated rings. The maximum Gasteiger partial charge on any atom is 0.498 e. The fourth-order valence-electron chi connectivity index (χ4n) is 2.84. The summed E-state index contributed by atoms with van der Waals surface area (Å²) in [7, 11) is 1.19. The lowest BCUT2D eigenvalue weighted by molar-refractivity contribution is 0.00578. The second kappa shape index (κ2) is 5.60. The molecule has 7 heteroatoms. The summed E-state index contributed by atoms with van der Waals surface area (Å²) in [5, 5.41) is 4.66. The van der Waals surface area contributed by atoms with Crippen LogP contribution in [0.25, 0.3) is 5.69 Å². The Labute approximate surface area is 143 Å². The molecule has 1 saturated heterocycles. The van der Waals surface area contributed by atoms with E-state index in [1.54, 1.807) is 19.5 Å². The molecule has 0 N–H and O–H groups in total. The molecule has 128 valence electrons. The van der Waals surface area contributed by atoms with Crippen LogP contribution in [0.5, 0.6) is 5.75 Å². The van der Waals surface area contributed by atoms with E-state index in [-0.39, 0.29) is 11.2 Å². The minimum atomic E-state index is -0.428. The molecular weight excluding hydrogens is 305 g/mol. The number of methoxy groups -OCH3 is 1. The zero-order valence-electron chi connectivity index (χ0n) is 15.4. The van der Waals surface area contributed by atoms with E-state index in [4.69, 9.17) is 14.0 Å². The van der Waals surface area contributed by atoms with Crippen molar-refractivity contribution < 1.29 is 14.0 Å². The number of pyridine rings is 1. The molecule has 6 nitrogen and oxygen atoms in total. The molecule has 24 heavy (non-hydrogen) atoms. The standard InChI is InChI=1S/C17H24BN3O3/c1-11-15(18-23-16(3,4)17(5,6)24-18)12(2)21(20-11)13-8-14(22-7)10-19-9-13/h8-10H,1-7H3. The lowest BCUT2D eigenvalue weighted by atomic mass is 9.77. The Kier molecular flexibility index (Phi) is 3.96. The first-order valence-corrected chi connectivity index (χ1v) is 8.07. The number of aryl methyl sites for hydroxylation is 1. The normalized spacial score (nSPS) is 18.9. The SMILES string of the molecule is COc1cncc(-n2nc(C)c(B3OC(C)(C)C(C)(C)O3)c2C)c1. The van der Waals surface area contributed by atoms with Crippen LogP contribution in [-0.2, 0) is 9.31 Å². The van der Waals surface area contributed by atoms with Crippen LogP contribution in [0, 0.1) is 13.8 Å². The van der Waals surface area contributed by atoms with Crippen LogP contribution >= 0.6 is 0 Å². The summed E-state index contributed by atoms with van der Waals surface area (Å²) in [5.41, 5.74) is 2.91. The van der Waals surface area contributed by atoms with Crippen molar-refractivity contribution in [1.82, 2.24) is 14.8 Å². The van der Waals surface area contributed by atoms with Crippen LogP contribution in [0.15, 0.2) is 18.5 Å². The Balaban J connectivity index is 2.02. The first-order chi connectivity index (χ1) is 11.2. The van der Waals surface area contributed by atoms with Gasteiger partial charge in [0.2, 0.25) is 0 Å². The van der Waals surface area contributed by atoms with Crippen molar-refractivity contribution in [2.24, 2.45) is 0 Å².